The second-order valence-electron chi connectivity index (χ2n) is 6.51. The molecule has 0 saturated carbocycles. The fourth-order valence-corrected chi connectivity index (χ4v) is 9.80. The second kappa shape index (κ2) is 9.57. The van der Waals surface area contributed by atoms with E-state index in [0.717, 1.165) is 10.8 Å². The van der Waals surface area contributed by atoms with Crippen molar-refractivity contribution in [1.29, 1.82) is 0 Å². The van der Waals surface area contributed by atoms with Crippen LogP contribution in [0, 0.1) is 6.92 Å². The lowest BCUT2D eigenvalue weighted by Gasteiger charge is -2.37. The van der Waals surface area contributed by atoms with Crippen LogP contribution >= 0.6 is 0 Å². The largest absolute Gasteiger partial charge is 0.526 e. The number of amides is 1. The summed E-state index contributed by atoms with van der Waals surface area (Å²) in [6, 6.07) is 14.6. The number of hydrogen-bond donors (Lipinski definition) is 3. The third kappa shape index (κ3) is 4.76. The molecule has 0 atom stereocenters. The number of aryl methyl sites for hydroxylation is 1. The summed E-state index contributed by atoms with van der Waals surface area (Å²) in [7, 11) is -3.76. The van der Waals surface area contributed by atoms with E-state index in [-0.39, 0.29) is 18.4 Å². The van der Waals surface area contributed by atoms with Gasteiger partial charge in [0.05, 0.1) is 12.5 Å². The summed E-state index contributed by atoms with van der Waals surface area (Å²) in [4.78, 5) is 11.4. The molecular formula is C19H27NO6Si2. The van der Waals surface area contributed by atoms with Gasteiger partial charge in [-0.15, -0.1) is 0 Å². The highest BCUT2D eigenvalue weighted by molar-refractivity contribution is 6.94. The van der Waals surface area contributed by atoms with Crippen LogP contribution in [0.25, 0.3) is 0 Å². The SMILES string of the molecule is CO[Si](OC)(O[Si](CO)(CO)c1cccc(C)c1)c1cccc(NC(C)=O)c1. The molecule has 2 aromatic rings. The minimum Gasteiger partial charge on any atom is -0.404 e. The minimum absolute atomic E-state index is 0.200. The average molecular weight is 422 g/mol. The van der Waals surface area contributed by atoms with Gasteiger partial charge in [0.25, 0.3) is 8.32 Å². The third-order valence-electron chi connectivity index (χ3n) is 4.46. The Hall–Kier alpha value is -1.86. The number of nitrogens with one attached hydrogen (secondary N) is 1. The van der Waals surface area contributed by atoms with Gasteiger partial charge in [0.2, 0.25) is 5.91 Å². The van der Waals surface area contributed by atoms with Crippen LogP contribution in [0.5, 0.6) is 0 Å². The molecule has 28 heavy (non-hydrogen) atoms. The first-order valence-electron chi connectivity index (χ1n) is 8.82. The molecule has 0 heterocycles. The fraction of sp³-hybridized carbons (Fsp3) is 0.316. The highest BCUT2D eigenvalue weighted by Crippen LogP contribution is 2.19. The lowest BCUT2D eigenvalue weighted by molar-refractivity contribution is -0.114. The molecule has 7 nitrogen and oxygen atoms in total. The van der Waals surface area contributed by atoms with Crippen molar-refractivity contribution in [3.05, 3.63) is 54.1 Å². The van der Waals surface area contributed by atoms with Crippen molar-refractivity contribution in [3.8, 4) is 0 Å². The maximum atomic E-state index is 11.4. The Bertz CT molecular complexity index is 809. The van der Waals surface area contributed by atoms with Crippen LogP contribution in [0.3, 0.4) is 0 Å². The van der Waals surface area contributed by atoms with Crippen LogP contribution in [0.1, 0.15) is 12.5 Å². The molecule has 0 aliphatic heterocycles. The summed E-state index contributed by atoms with van der Waals surface area (Å²) < 4.78 is 17.9. The van der Waals surface area contributed by atoms with Gasteiger partial charge in [-0.05, 0) is 24.2 Å². The van der Waals surface area contributed by atoms with Crippen molar-refractivity contribution in [2.75, 3.05) is 32.0 Å². The number of anilines is 1. The summed E-state index contributed by atoms with van der Waals surface area (Å²) in [5.74, 6) is -0.200. The number of hydrogen-bond acceptors (Lipinski definition) is 6. The molecule has 1 amide bonds. The van der Waals surface area contributed by atoms with Crippen LogP contribution in [-0.2, 0) is 17.8 Å². The summed E-state index contributed by atoms with van der Waals surface area (Å²) in [6.07, 6.45) is -0.667. The predicted octanol–water partition coefficient (Wildman–Crippen LogP) is 0.324. The number of carbonyl (C=O) groups is 1. The van der Waals surface area contributed by atoms with Gasteiger partial charge in [-0.3, -0.25) is 4.79 Å². The fourth-order valence-electron chi connectivity index (χ4n) is 2.99. The van der Waals surface area contributed by atoms with Crippen LogP contribution < -0.4 is 15.7 Å². The van der Waals surface area contributed by atoms with Gasteiger partial charge >= 0.3 is 8.80 Å². The van der Waals surface area contributed by atoms with Gasteiger partial charge < -0.3 is 28.5 Å². The first-order chi connectivity index (χ1) is 13.3. The molecule has 0 unspecified atom stereocenters. The average Bonchev–Trinajstić information content (AvgIpc) is 2.69. The highest BCUT2D eigenvalue weighted by Gasteiger charge is 2.51. The zero-order valence-corrected chi connectivity index (χ0v) is 18.6. The van der Waals surface area contributed by atoms with Crippen molar-refractivity contribution in [3.63, 3.8) is 0 Å². The Kier molecular flexibility index (Phi) is 7.66. The van der Waals surface area contributed by atoms with Gasteiger partial charge in [0.1, 0.15) is 0 Å². The maximum absolute atomic E-state index is 11.4. The molecule has 2 aromatic carbocycles. The molecule has 0 spiro atoms. The summed E-state index contributed by atoms with van der Waals surface area (Å²) >= 11 is 0. The van der Waals surface area contributed by atoms with E-state index < -0.39 is 17.1 Å². The molecule has 0 bridgehead atoms. The van der Waals surface area contributed by atoms with Crippen LogP contribution in [0.4, 0.5) is 5.69 Å². The quantitative estimate of drug-likeness (QED) is 0.505. The molecule has 0 radical (unpaired) electrons. The molecule has 3 N–H and O–H groups in total. The monoisotopic (exact) mass is 421 g/mol. The smallest absolute Gasteiger partial charge is 0.404 e. The van der Waals surface area contributed by atoms with E-state index in [1.54, 1.807) is 24.3 Å². The van der Waals surface area contributed by atoms with Gasteiger partial charge in [-0.25, -0.2) is 0 Å². The second-order valence-corrected chi connectivity index (χ2v) is 13.0. The van der Waals surface area contributed by atoms with E-state index in [9.17, 15) is 15.0 Å². The Morgan fingerprint density at radius 2 is 1.61 bits per heavy atom. The summed E-state index contributed by atoms with van der Waals surface area (Å²) in [5.41, 5.74) is 1.57. The highest BCUT2D eigenvalue weighted by atomic mass is 28.5. The Balaban J connectivity index is 2.53. The lowest BCUT2D eigenvalue weighted by Crippen LogP contribution is -2.69. The van der Waals surface area contributed by atoms with Crippen LogP contribution in [0.15, 0.2) is 48.5 Å². The molecule has 152 valence electrons. The third-order valence-corrected chi connectivity index (χ3v) is 11.6. The van der Waals surface area contributed by atoms with E-state index in [2.05, 4.69) is 5.32 Å². The summed E-state index contributed by atoms with van der Waals surface area (Å²) in [6.45, 7) is 3.36. The zero-order chi connectivity index (χ0) is 20.8. The number of carbonyl (C=O) groups excluding carboxylic acids is 1. The topological polar surface area (TPSA) is 97.2 Å². The Morgan fingerprint density at radius 1 is 1.00 bits per heavy atom. The van der Waals surface area contributed by atoms with E-state index in [4.69, 9.17) is 13.0 Å². The first-order valence-corrected chi connectivity index (χ1v) is 12.9. The molecule has 0 saturated heterocycles. The van der Waals surface area contributed by atoms with Gasteiger partial charge in [0, 0.05) is 32.0 Å². The van der Waals surface area contributed by atoms with Gasteiger partial charge in [0.15, 0.2) is 0 Å². The van der Waals surface area contributed by atoms with Crippen molar-refractivity contribution in [2.45, 2.75) is 13.8 Å². The molecule has 0 fully saturated rings. The predicted molar refractivity (Wildman–Crippen MR) is 112 cm³/mol. The van der Waals surface area contributed by atoms with Crippen molar-refractivity contribution in [1.82, 2.24) is 0 Å². The van der Waals surface area contributed by atoms with E-state index in [1.165, 1.54) is 21.1 Å². The number of rotatable bonds is 9. The molecular weight excluding hydrogens is 394 g/mol. The molecule has 0 aliphatic rings. The van der Waals surface area contributed by atoms with Gasteiger partial charge in [-0.2, -0.15) is 0 Å². The minimum atomic E-state index is -3.49. The maximum Gasteiger partial charge on any atom is 0.526 e. The number of benzene rings is 2. The lowest BCUT2D eigenvalue weighted by atomic mass is 10.2. The van der Waals surface area contributed by atoms with E-state index >= 15 is 0 Å². The first kappa shape index (κ1) is 22.4. The van der Waals surface area contributed by atoms with Crippen molar-refractivity contribution < 1.29 is 28.0 Å². The Morgan fingerprint density at radius 3 is 2.14 bits per heavy atom. The van der Waals surface area contributed by atoms with Crippen molar-refractivity contribution >= 4 is 39.1 Å². The van der Waals surface area contributed by atoms with E-state index in [1.807, 2.05) is 31.2 Å². The molecule has 9 heteroatoms. The molecule has 0 aliphatic carbocycles. The van der Waals surface area contributed by atoms with Crippen molar-refractivity contribution in [2.24, 2.45) is 0 Å². The van der Waals surface area contributed by atoms with Gasteiger partial charge in [-0.1, -0.05) is 42.0 Å². The van der Waals surface area contributed by atoms with Crippen LogP contribution in [0.2, 0.25) is 0 Å². The summed E-state index contributed by atoms with van der Waals surface area (Å²) in [5, 5.41) is 24.5. The Labute approximate surface area is 167 Å². The normalized spacial score (nSPS) is 12.1. The standard InChI is InChI=1S/C19H27NO6Si2/c1-15-7-5-9-18(11-15)27(13-21,14-22)26-28(24-3,25-4)19-10-6-8-17(12-19)20-16(2)23/h5-12,21-22H,13-14H2,1-4H3,(H,20,23). The van der Waals surface area contributed by atoms with E-state index in [0.29, 0.717) is 10.9 Å². The zero-order valence-electron chi connectivity index (χ0n) is 16.6. The molecule has 2 rings (SSSR count). The number of aliphatic hydroxyl groups is 2. The number of aliphatic hydroxyl groups excluding tert-OH is 2. The van der Waals surface area contributed by atoms with Crippen LogP contribution in [-0.4, -0.2) is 59.9 Å². The molecule has 0 aromatic heterocycles.